The Labute approximate surface area is 123 Å². The maximum atomic E-state index is 11.8. The molecule has 0 heterocycles. The second-order valence-electron chi connectivity index (χ2n) is 3.51. The Morgan fingerprint density at radius 3 is 2.74 bits per heavy atom. The van der Waals surface area contributed by atoms with Crippen LogP contribution in [0.2, 0.25) is 5.02 Å². The molecule has 19 heavy (non-hydrogen) atoms. The minimum atomic E-state index is -1.14. The van der Waals surface area contributed by atoms with Crippen molar-refractivity contribution < 1.29 is 14.7 Å². The molecule has 0 saturated heterocycles. The lowest BCUT2D eigenvalue weighted by atomic mass is 10.3. The molecular weight excluding hydrogens is 336 g/mol. The van der Waals surface area contributed by atoms with Crippen molar-refractivity contribution >= 4 is 45.2 Å². The molecule has 1 aromatic carbocycles. The summed E-state index contributed by atoms with van der Waals surface area (Å²) in [6, 6.07) is 4.22. The number of anilines is 1. The molecule has 0 aromatic heterocycles. The molecule has 7 heteroatoms. The molecule has 0 unspecified atom stereocenters. The lowest BCUT2D eigenvalue weighted by Crippen LogP contribution is -2.39. The fourth-order valence-electron chi connectivity index (χ4n) is 1.25. The molecule has 0 radical (unpaired) electrons. The number of amides is 2. The summed E-state index contributed by atoms with van der Waals surface area (Å²) in [5.74, 6) is 1.10. The van der Waals surface area contributed by atoms with E-state index in [1.165, 1.54) is 0 Å². The summed E-state index contributed by atoms with van der Waals surface area (Å²) in [5, 5.41) is 11.7. The summed E-state index contributed by atoms with van der Waals surface area (Å²) in [7, 11) is 0. The van der Waals surface area contributed by atoms with Crippen LogP contribution in [-0.4, -0.2) is 35.1 Å². The fourth-order valence-corrected chi connectivity index (χ4v) is 1.75. The number of benzene rings is 1. The van der Waals surface area contributed by atoms with Gasteiger partial charge in [-0.25, -0.2) is 4.79 Å². The van der Waals surface area contributed by atoms with Crippen LogP contribution in [0.15, 0.2) is 22.7 Å². The summed E-state index contributed by atoms with van der Waals surface area (Å²) < 4.78 is 0.619. The predicted molar refractivity (Wildman–Crippen MR) is 76.2 cm³/mol. The zero-order valence-corrected chi connectivity index (χ0v) is 12.0. The number of terminal acetylenes is 1. The summed E-state index contributed by atoms with van der Waals surface area (Å²) in [4.78, 5) is 23.5. The number of carbonyl (C=O) groups is 2. The maximum absolute atomic E-state index is 11.8. The Hall–Kier alpha value is -1.71. The first-order valence-electron chi connectivity index (χ1n) is 5.10. The van der Waals surface area contributed by atoms with Gasteiger partial charge < -0.3 is 15.3 Å². The molecular formula is C12H10BrClN2O3. The fraction of sp³-hybridized carbons (Fsp3) is 0.167. The van der Waals surface area contributed by atoms with Gasteiger partial charge in [0.25, 0.3) is 0 Å². The van der Waals surface area contributed by atoms with Crippen molar-refractivity contribution in [2.75, 3.05) is 18.4 Å². The lowest BCUT2D eigenvalue weighted by Gasteiger charge is -2.18. The molecule has 2 N–H and O–H groups in total. The quantitative estimate of drug-likeness (QED) is 0.824. The standard InChI is InChI=1S/C12H10BrClN2O3/c1-2-5-16(7-11(17)18)12(19)15-8-3-4-10(14)9(13)6-8/h1,3-4,6H,5,7H2,(H,15,19)(H,17,18). The molecule has 0 fully saturated rings. The van der Waals surface area contributed by atoms with Crippen LogP contribution < -0.4 is 5.32 Å². The first kappa shape index (κ1) is 15.3. The minimum absolute atomic E-state index is 0.0904. The Bertz CT molecular complexity index is 542. The monoisotopic (exact) mass is 344 g/mol. The largest absolute Gasteiger partial charge is 0.480 e. The van der Waals surface area contributed by atoms with E-state index in [-0.39, 0.29) is 6.54 Å². The van der Waals surface area contributed by atoms with Gasteiger partial charge in [0.15, 0.2) is 0 Å². The summed E-state index contributed by atoms with van der Waals surface area (Å²) in [5.41, 5.74) is 0.480. The van der Waals surface area contributed by atoms with Gasteiger partial charge in [0.2, 0.25) is 0 Å². The predicted octanol–water partition coefficient (Wildman–Crippen LogP) is 2.65. The Balaban J connectivity index is 2.78. The third-order valence-electron chi connectivity index (χ3n) is 2.07. The molecule has 0 spiro atoms. The number of carboxylic acid groups (broad SMARTS) is 1. The summed E-state index contributed by atoms with van der Waals surface area (Å²) in [6.45, 7) is -0.558. The Kier molecular flexibility index (Phi) is 5.67. The van der Waals surface area contributed by atoms with Crippen LogP contribution in [0.5, 0.6) is 0 Å². The molecule has 0 saturated carbocycles. The van der Waals surface area contributed by atoms with Gasteiger partial charge in [-0.05, 0) is 34.1 Å². The van der Waals surface area contributed by atoms with E-state index in [2.05, 4.69) is 27.2 Å². The Morgan fingerprint density at radius 2 is 2.21 bits per heavy atom. The second kappa shape index (κ2) is 7.02. The zero-order valence-electron chi connectivity index (χ0n) is 9.69. The van der Waals surface area contributed by atoms with Crippen LogP contribution >= 0.6 is 27.5 Å². The van der Waals surface area contributed by atoms with Crippen LogP contribution in [-0.2, 0) is 4.79 Å². The molecule has 1 rings (SSSR count). The topological polar surface area (TPSA) is 69.6 Å². The second-order valence-corrected chi connectivity index (χ2v) is 4.77. The number of halogens is 2. The number of hydrogen-bond donors (Lipinski definition) is 2. The van der Waals surface area contributed by atoms with Crippen molar-refractivity contribution in [2.24, 2.45) is 0 Å². The number of carbonyl (C=O) groups excluding carboxylic acids is 1. The van der Waals surface area contributed by atoms with Gasteiger partial charge in [-0.1, -0.05) is 17.5 Å². The number of carboxylic acids is 1. The van der Waals surface area contributed by atoms with Gasteiger partial charge in [-0.15, -0.1) is 6.42 Å². The van der Waals surface area contributed by atoms with Gasteiger partial charge in [-0.2, -0.15) is 0 Å². The number of aliphatic carboxylic acids is 1. The van der Waals surface area contributed by atoms with Gasteiger partial charge in [0.1, 0.15) is 6.54 Å². The van der Waals surface area contributed by atoms with Crippen molar-refractivity contribution in [3.8, 4) is 12.3 Å². The van der Waals surface area contributed by atoms with Crippen molar-refractivity contribution in [1.29, 1.82) is 0 Å². The van der Waals surface area contributed by atoms with E-state index in [1.807, 2.05) is 0 Å². The number of urea groups is 1. The van der Waals surface area contributed by atoms with Gasteiger partial charge in [0.05, 0.1) is 11.6 Å². The van der Waals surface area contributed by atoms with Gasteiger partial charge in [-0.3, -0.25) is 4.79 Å². The molecule has 0 atom stereocenters. The molecule has 0 aliphatic heterocycles. The normalized spacial score (nSPS) is 9.53. The van der Waals surface area contributed by atoms with Crippen molar-refractivity contribution in [3.05, 3.63) is 27.7 Å². The summed E-state index contributed by atoms with van der Waals surface area (Å²) in [6.07, 6.45) is 5.09. The van der Waals surface area contributed by atoms with E-state index in [0.717, 1.165) is 4.90 Å². The number of rotatable bonds is 4. The van der Waals surface area contributed by atoms with E-state index >= 15 is 0 Å². The molecule has 2 amide bonds. The summed E-state index contributed by atoms with van der Waals surface area (Å²) >= 11 is 9.04. The van der Waals surface area contributed by atoms with Crippen LogP contribution in [0.3, 0.4) is 0 Å². The van der Waals surface area contributed by atoms with E-state index in [1.54, 1.807) is 18.2 Å². The first-order valence-corrected chi connectivity index (χ1v) is 6.27. The highest BCUT2D eigenvalue weighted by molar-refractivity contribution is 9.10. The molecule has 100 valence electrons. The van der Waals surface area contributed by atoms with Gasteiger partial charge in [0, 0.05) is 10.2 Å². The van der Waals surface area contributed by atoms with Crippen molar-refractivity contribution in [1.82, 2.24) is 4.90 Å². The molecule has 0 aliphatic rings. The smallest absolute Gasteiger partial charge is 0.323 e. The first-order chi connectivity index (χ1) is 8.93. The van der Waals surface area contributed by atoms with E-state index < -0.39 is 18.5 Å². The molecule has 5 nitrogen and oxygen atoms in total. The van der Waals surface area contributed by atoms with Crippen molar-refractivity contribution in [2.45, 2.75) is 0 Å². The number of nitrogens with one attached hydrogen (secondary N) is 1. The van der Waals surface area contributed by atoms with Gasteiger partial charge >= 0.3 is 12.0 Å². The average molecular weight is 346 g/mol. The average Bonchev–Trinajstić information content (AvgIpc) is 2.33. The van der Waals surface area contributed by atoms with Crippen LogP contribution in [0, 0.1) is 12.3 Å². The maximum Gasteiger partial charge on any atom is 0.323 e. The van der Waals surface area contributed by atoms with E-state index in [4.69, 9.17) is 23.1 Å². The zero-order chi connectivity index (χ0) is 14.4. The lowest BCUT2D eigenvalue weighted by molar-refractivity contribution is -0.137. The highest BCUT2D eigenvalue weighted by Gasteiger charge is 2.16. The van der Waals surface area contributed by atoms with Crippen LogP contribution in [0.1, 0.15) is 0 Å². The molecule has 0 aliphatic carbocycles. The molecule has 1 aromatic rings. The minimum Gasteiger partial charge on any atom is -0.480 e. The highest BCUT2D eigenvalue weighted by Crippen LogP contribution is 2.25. The third kappa shape index (κ3) is 4.81. The highest BCUT2D eigenvalue weighted by atomic mass is 79.9. The van der Waals surface area contributed by atoms with Crippen LogP contribution in [0.4, 0.5) is 10.5 Å². The number of nitrogens with zero attached hydrogens (tertiary/aromatic N) is 1. The number of hydrogen-bond acceptors (Lipinski definition) is 2. The van der Waals surface area contributed by atoms with Crippen LogP contribution in [0.25, 0.3) is 0 Å². The van der Waals surface area contributed by atoms with E-state index in [9.17, 15) is 9.59 Å². The third-order valence-corrected chi connectivity index (χ3v) is 3.28. The van der Waals surface area contributed by atoms with E-state index in [0.29, 0.717) is 15.2 Å². The van der Waals surface area contributed by atoms with Crippen molar-refractivity contribution in [3.63, 3.8) is 0 Å². The Morgan fingerprint density at radius 1 is 1.53 bits per heavy atom. The SMILES string of the molecule is C#CCN(CC(=O)O)C(=O)Nc1ccc(Cl)c(Br)c1. The molecule has 0 bridgehead atoms.